The van der Waals surface area contributed by atoms with Crippen LogP contribution in [0.4, 0.5) is 5.69 Å². The lowest BCUT2D eigenvalue weighted by Crippen LogP contribution is -2.46. The predicted molar refractivity (Wildman–Crippen MR) is 106 cm³/mol. The molecule has 9 nitrogen and oxygen atoms in total. The van der Waals surface area contributed by atoms with Crippen LogP contribution in [0.15, 0.2) is 27.4 Å². The Morgan fingerprint density at radius 2 is 2.00 bits per heavy atom. The quantitative estimate of drug-likeness (QED) is 0.575. The van der Waals surface area contributed by atoms with E-state index in [1.54, 1.807) is 0 Å². The Kier molecular flexibility index (Phi) is 5.40. The number of fused-ring (bicyclic) bond motifs is 1. The number of non-ortho nitro benzene ring substituents is 1. The van der Waals surface area contributed by atoms with Crippen LogP contribution in [-0.2, 0) is 11.5 Å². The number of nitrogens with zero attached hydrogens (tertiary/aromatic N) is 4. The van der Waals surface area contributed by atoms with E-state index in [1.807, 2.05) is 4.90 Å². The number of benzene rings is 1. The molecule has 1 amide bonds. The zero-order valence-corrected chi connectivity index (χ0v) is 16.6. The summed E-state index contributed by atoms with van der Waals surface area (Å²) in [6.07, 6.45) is 3.78. The lowest BCUT2D eigenvalue weighted by atomic mass is 9.93. The molecule has 0 spiro atoms. The van der Waals surface area contributed by atoms with Gasteiger partial charge < -0.3 is 9.32 Å². The summed E-state index contributed by atoms with van der Waals surface area (Å²) in [5, 5.41) is 11.0. The highest BCUT2D eigenvalue weighted by molar-refractivity contribution is 5.79. The standard InChI is InChI=1S/C20H26N4O5/c1-14-3-2-8-22(12-14)19(25)15-6-9-21(10-7-15)13-23-17-11-16(24(27)28)4-5-18(17)29-20(23)26/h4-5,11,14-15H,2-3,6-10,12-13H2,1H3/t14-/m0/s1. The van der Waals surface area contributed by atoms with E-state index in [2.05, 4.69) is 11.8 Å². The van der Waals surface area contributed by atoms with Gasteiger partial charge in [0.25, 0.3) is 5.69 Å². The van der Waals surface area contributed by atoms with Crippen LogP contribution in [0.25, 0.3) is 11.1 Å². The van der Waals surface area contributed by atoms with Crippen LogP contribution in [0.2, 0.25) is 0 Å². The molecular weight excluding hydrogens is 376 g/mol. The summed E-state index contributed by atoms with van der Waals surface area (Å²) in [5.41, 5.74) is 0.682. The summed E-state index contributed by atoms with van der Waals surface area (Å²) in [7, 11) is 0. The number of aromatic nitrogens is 1. The zero-order chi connectivity index (χ0) is 20.5. The van der Waals surface area contributed by atoms with Crippen LogP contribution in [0, 0.1) is 22.0 Å². The van der Waals surface area contributed by atoms with Crippen molar-refractivity contribution in [1.82, 2.24) is 14.4 Å². The minimum absolute atomic E-state index is 0.0375. The number of amides is 1. The van der Waals surface area contributed by atoms with Crippen LogP contribution < -0.4 is 5.76 Å². The fraction of sp³-hybridized carbons (Fsp3) is 0.600. The smallest absolute Gasteiger partial charge is 0.408 e. The molecule has 0 N–H and O–H groups in total. The molecule has 0 bridgehead atoms. The molecule has 2 aliphatic heterocycles. The van der Waals surface area contributed by atoms with Crippen molar-refractivity contribution < 1.29 is 14.1 Å². The van der Waals surface area contributed by atoms with Crippen molar-refractivity contribution in [2.75, 3.05) is 26.2 Å². The average molecular weight is 402 g/mol. The van der Waals surface area contributed by atoms with E-state index >= 15 is 0 Å². The number of nitro groups is 1. The minimum Gasteiger partial charge on any atom is -0.408 e. The molecule has 9 heteroatoms. The third-order valence-corrected chi connectivity index (χ3v) is 6.11. The molecule has 0 unspecified atom stereocenters. The first-order chi connectivity index (χ1) is 13.9. The van der Waals surface area contributed by atoms with Gasteiger partial charge in [0.15, 0.2) is 5.58 Å². The molecule has 156 valence electrons. The molecule has 2 aromatic rings. The lowest BCUT2D eigenvalue weighted by molar-refractivity contribution is -0.384. The summed E-state index contributed by atoms with van der Waals surface area (Å²) in [4.78, 5) is 39.7. The van der Waals surface area contributed by atoms with Crippen molar-refractivity contribution in [2.24, 2.45) is 11.8 Å². The van der Waals surface area contributed by atoms with Crippen molar-refractivity contribution in [2.45, 2.75) is 39.3 Å². The molecule has 0 aliphatic carbocycles. The predicted octanol–water partition coefficient (Wildman–Crippen LogP) is 2.43. The Morgan fingerprint density at radius 3 is 2.69 bits per heavy atom. The second-order valence-electron chi connectivity index (χ2n) is 8.27. The maximum absolute atomic E-state index is 12.8. The summed E-state index contributed by atoms with van der Waals surface area (Å²) >= 11 is 0. The molecule has 29 heavy (non-hydrogen) atoms. The zero-order valence-electron chi connectivity index (χ0n) is 16.6. The molecule has 1 aromatic heterocycles. The second-order valence-corrected chi connectivity index (χ2v) is 8.27. The van der Waals surface area contributed by atoms with Gasteiger partial charge in [0.1, 0.15) is 0 Å². The van der Waals surface area contributed by atoms with Crippen LogP contribution in [0.5, 0.6) is 0 Å². The fourth-order valence-electron chi connectivity index (χ4n) is 4.47. The maximum Gasteiger partial charge on any atom is 0.421 e. The van der Waals surface area contributed by atoms with E-state index in [0.717, 1.165) is 32.4 Å². The summed E-state index contributed by atoms with van der Waals surface area (Å²) in [6, 6.07) is 4.15. The number of oxazole rings is 1. The van der Waals surface area contributed by atoms with Crippen LogP contribution in [-0.4, -0.2) is 51.4 Å². The maximum atomic E-state index is 12.8. The molecule has 2 aliphatic rings. The van der Waals surface area contributed by atoms with Gasteiger partial charge in [-0.2, -0.15) is 0 Å². The number of carbonyl (C=O) groups is 1. The molecule has 1 atom stereocenters. The monoisotopic (exact) mass is 402 g/mol. The first-order valence-corrected chi connectivity index (χ1v) is 10.2. The number of nitro benzene ring substituents is 1. The number of likely N-dealkylation sites (tertiary alicyclic amines) is 2. The summed E-state index contributed by atoms with van der Waals surface area (Å²) in [6.45, 7) is 5.61. The number of piperidine rings is 2. The van der Waals surface area contributed by atoms with Gasteiger partial charge >= 0.3 is 5.76 Å². The first-order valence-electron chi connectivity index (χ1n) is 10.2. The number of hydrogen-bond acceptors (Lipinski definition) is 6. The third-order valence-electron chi connectivity index (χ3n) is 6.11. The highest BCUT2D eigenvalue weighted by atomic mass is 16.6. The van der Waals surface area contributed by atoms with Crippen molar-refractivity contribution in [1.29, 1.82) is 0 Å². The molecule has 4 rings (SSSR count). The third kappa shape index (κ3) is 4.05. The molecule has 0 radical (unpaired) electrons. The van der Waals surface area contributed by atoms with Crippen LogP contribution >= 0.6 is 0 Å². The highest BCUT2D eigenvalue weighted by Crippen LogP contribution is 2.25. The Morgan fingerprint density at radius 1 is 1.24 bits per heavy atom. The van der Waals surface area contributed by atoms with E-state index in [1.165, 1.54) is 29.2 Å². The Balaban J connectivity index is 1.41. The van der Waals surface area contributed by atoms with Crippen LogP contribution in [0.1, 0.15) is 32.6 Å². The van der Waals surface area contributed by atoms with Gasteiger partial charge in [-0.1, -0.05) is 6.92 Å². The van der Waals surface area contributed by atoms with Gasteiger partial charge in [-0.25, -0.2) is 4.79 Å². The fourth-order valence-corrected chi connectivity index (χ4v) is 4.47. The van der Waals surface area contributed by atoms with Crippen molar-refractivity contribution in [3.05, 3.63) is 38.9 Å². The summed E-state index contributed by atoms with van der Waals surface area (Å²) in [5.74, 6) is 0.340. The molecule has 1 aromatic carbocycles. The second kappa shape index (κ2) is 7.98. The van der Waals surface area contributed by atoms with E-state index in [9.17, 15) is 19.7 Å². The SMILES string of the molecule is C[C@H]1CCCN(C(=O)C2CCN(Cn3c(=O)oc4ccc([N+](=O)[O-])cc43)CC2)C1. The van der Waals surface area contributed by atoms with Gasteiger partial charge in [0, 0.05) is 44.2 Å². The number of carbonyl (C=O) groups excluding carboxylic acids is 1. The van der Waals surface area contributed by atoms with E-state index in [4.69, 9.17) is 4.42 Å². The lowest BCUT2D eigenvalue weighted by Gasteiger charge is -2.37. The van der Waals surface area contributed by atoms with Gasteiger partial charge in [0.05, 0.1) is 17.1 Å². The van der Waals surface area contributed by atoms with Gasteiger partial charge in [-0.15, -0.1) is 0 Å². The summed E-state index contributed by atoms with van der Waals surface area (Å²) < 4.78 is 6.65. The van der Waals surface area contributed by atoms with Crippen molar-refractivity contribution >= 4 is 22.7 Å². The molecule has 3 heterocycles. The van der Waals surface area contributed by atoms with E-state index in [0.29, 0.717) is 36.8 Å². The Bertz CT molecular complexity index is 973. The molecule has 2 fully saturated rings. The Hall–Kier alpha value is -2.68. The van der Waals surface area contributed by atoms with Crippen molar-refractivity contribution in [3.63, 3.8) is 0 Å². The van der Waals surface area contributed by atoms with Gasteiger partial charge in [-0.05, 0) is 37.7 Å². The Labute approximate surface area is 168 Å². The molecule has 0 saturated carbocycles. The van der Waals surface area contributed by atoms with Crippen LogP contribution in [0.3, 0.4) is 0 Å². The number of rotatable bonds is 4. The minimum atomic E-state index is -0.527. The molecule has 2 saturated heterocycles. The topological polar surface area (TPSA) is 102 Å². The normalized spacial score (nSPS) is 21.6. The molecular formula is C20H26N4O5. The largest absolute Gasteiger partial charge is 0.421 e. The van der Waals surface area contributed by atoms with Gasteiger partial charge in [0.2, 0.25) is 5.91 Å². The number of hydrogen-bond donors (Lipinski definition) is 0. The van der Waals surface area contributed by atoms with E-state index < -0.39 is 10.7 Å². The first kappa shape index (κ1) is 19.6. The highest BCUT2D eigenvalue weighted by Gasteiger charge is 2.31. The average Bonchev–Trinajstić information content (AvgIpc) is 3.02. The van der Waals surface area contributed by atoms with Crippen molar-refractivity contribution in [3.8, 4) is 0 Å². The van der Waals surface area contributed by atoms with Gasteiger partial charge in [-0.3, -0.25) is 24.4 Å². The van der Waals surface area contributed by atoms with E-state index in [-0.39, 0.29) is 17.5 Å².